The van der Waals surface area contributed by atoms with Crippen molar-refractivity contribution in [1.82, 2.24) is 5.32 Å². The van der Waals surface area contributed by atoms with E-state index in [1.807, 2.05) is 24.3 Å². The average Bonchev–Trinajstić information content (AvgIpc) is 3.12. The summed E-state index contributed by atoms with van der Waals surface area (Å²) in [5, 5.41) is 7.38. The fourth-order valence-corrected chi connectivity index (χ4v) is 4.79. The number of nitrogens with one attached hydrogen (secondary N) is 2. The maximum atomic E-state index is 12.6. The molecule has 25 heavy (non-hydrogen) atoms. The van der Waals surface area contributed by atoms with E-state index in [4.69, 9.17) is 4.74 Å². The van der Waals surface area contributed by atoms with Crippen molar-refractivity contribution >= 4 is 39.0 Å². The van der Waals surface area contributed by atoms with Crippen LogP contribution in [0.2, 0.25) is 0 Å². The smallest absolute Gasteiger partial charge is 0.348 e. The molecular formula is C19H22N2O3S. The van der Waals surface area contributed by atoms with Gasteiger partial charge >= 0.3 is 5.97 Å². The zero-order valence-corrected chi connectivity index (χ0v) is 15.1. The number of ether oxygens (including phenoxy) is 1. The van der Waals surface area contributed by atoms with Gasteiger partial charge in [-0.2, -0.15) is 0 Å². The summed E-state index contributed by atoms with van der Waals surface area (Å²) in [5.74, 6) is -0.0231. The molecule has 1 atom stereocenters. The van der Waals surface area contributed by atoms with Crippen LogP contribution in [0.5, 0.6) is 0 Å². The monoisotopic (exact) mass is 358 g/mol. The predicted octanol–water partition coefficient (Wildman–Crippen LogP) is 3.41. The quantitative estimate of drug-likeness (QED) is 0.822. The van der Waals surface area contributed by atoms with Crippen LogP contribution >= 0.6 is 11.3 Å². The highest BCUT2D eigenvalue weighted by atomic mass is 32.1. The number of carbonyl (C=O) groups is 2. The average molecular weight is 358 g/mol. The van der Waals surface area contributed by atoms with Crippen molar-refractivity contribution in [3.05, 3.63) is 29.1 Å². The Hall–Kier alpha value is -1.92. The fraction of sp³-hybridized carbons (Fsp3) is 0.474. The normalized spacial score (nSPS) is 21.2. The van der Waals surface area contributed by atoms with E-state index in [0.29, 0.717) is 11.5 Å². The Morgan fingerprint density at radius 1 is 1.32 bits per heavy atom. The van der Waals surface area contributed by atoms with Gasteiger partial charge in [0, 0.05) is 16.3 Å². The van der Waals surface area contributed by atoms with Crippen molar-refractivity contribution in [1.29, 1.82) is 0 Å². The first-order valence-electron chi connectivity index (χ1n) is 8.84. The zero-order valence-electron chi connectivity index (χ0n) is 14.3. The Labute approximate surface area is 150 Å². The molecule has 2 aliphatic rings. The Kier molecular flexibility index (Phi) is 4.25. The van der Waals surface area contributed by atoms with E-state index in [0.717, 1.165) is 48.1 Å². The number of piperidine rings is 1. The molecule has 132 valence electrons. The molecule has 1 amide bonds. The minimum Gasteiger partial charge on any atom is -0.462 e. The minimum atomic E-state index is -0.292. The van der Waals surface area contributed by atoms with Crippen LogP contribution in [0.15, 0.2) is 24.3 Å². The molecule has 6 heteroatoms. The second-order valence-electron chi connectivity index (χ2n) is 6.94. The molecule has 2 heterocycles. The van der Waals surface area contributed by atoms with Crippen LogP contribution in [0.3, 0.4) is 0 Å². The van der Waals surface area contributed by atoms with Gasteiger partial charge in [-0.05, 0) is 74.3 Å². The summed E-state index contributed by atoms with van der Waals surface area (Å²) in [4.78, 5) is 25.0. The molecule has 0 radical (unpaired) electrons. The number of rotatable bonds is 4. The van der Waals surface area contributed by atoms with Crippen molar-refractivity contribution in [2.45, 2.75) is 26.2 Å². The van der Waals surface area contributed by atoms with Crippen LogP contribution in [0.4, 0.5) is 5.69 Å². The Morgan fingerprint density at radius 3 is 2.88 bits per heavy atom. The SMILES string of the molecule is CCOC(=O)c1cc2cc(NC(=O)C3CC34CCNCC4)ccc2s1. The number of esters is 1. The summed E-state index contributed by atoms with van der Waals surface area (Å²) in [7, 11) is 0. The minimum absolute atomic E-state index is 0.127. The van der Waals surface area contributed by atoms with Crippen molar-refractivity contribution in [3.63, 3.8) is 0 Å². The molecule has 1 saturated carbocycles. The third-order valence-corrected chi connectivity index (χ3v) is 6.46. The number of benzene rings is 1. The van der Waals surface area contributed by atoms with Gasteiger partial charge in [0.05, 0.1) is 6.61 Å². The van der Waals surface area contributed by atoms with E-state index in [1.54, 1.807) is 6.92 Å². The topological polar surface area (TPSA) is 67.4 Å². The summed E-state index contributed by atoms with van der Waals surface area (Å²) >= 11 is 1.41. The molecule has 1 saturated heterocycles. The lowest BCUT2D eigenvalue weighted by Gasteiger charge is -2.23. The van der Waals surface area contributed by atoms with E-state index >= 15 is 0 Å². The van der Waals surface area contributed by atoms with Crippen LogP contribution in [0.1, 0.15) is 35.9 Å². The molecule has 1 spiro atoms. The van der Waals surface area contributed by atoms with E-state index < -0.39 is 0 Å². The molecular weight excluding hydrogens is 336 g/mol. The van der Waals surface area contributed by atoms with Gasteiger partial charge in [0.1, 0.15) is 4.88 Å². The third kappa shape index (κ3) is 3.16. The Morgan fingerprint density at radius 2 is 2.12 bits per heavy atom. The van der Waals surface area contributed by atoms with E-state index in [-0.39, 0.29) is 23.2 Å². The molecule has 2 fully saturated rings. The molecule has 4 rings (SSSR count). The van der Waals surface area contributed by atoms with Gasteiger partial charge in [-0.1, -0.05) is 0 Å². The second-order valence-corrected chi connectivity index (χ2v) is 8.03. The van der Waals surface area contributed by atoms with Crippen molar-refractivity contribution in [2.75, 3.05) is 25.0 Å². The highest BCUT2D eigenvalue weighted by Crippen LogP contribution is 2.58. The number of thiophene rings is 1. The van der Waals surface area contributed by atoms with Crippen LogP contribution in [0, 0.1) is 11.3 Å². The summed E-state index contributed by atoms with van der Waals surface area (Å²) in [5.41, 5.74) is 1.03. The van der Waals surface area contributed by atoms with E-state index in [1.165, 1.54) is 11.3 Å². The van der Waals surface area contributed by atoms with Crippen LogP contribution in [-0.2, 0) is 9.53 Å². The summed E-state index contributed by atoms with van der Waals surface area (Å²) in [6, 6.07) is 7.62. The van der Waals surface area contributed by atoms with Crippen LogP contribution < -0.4 is 10.6 Å². The van der Waals surface area contributed by atoms with Crippen LogP contribution in [-0.4, -0.2) is 31.6 Å². The van der Waals surface area contributed by atoms with E-state index in [9.17, 15) is 9.59 Å². The number of carbonyl (C=O) groups excluding carboxylic acids is 2. The predicted molar refractivity (Wildman–Crippen MR) is 99.1 cm³/mol. The summed E-state index contributed by atoms with van der Waals surface area (Å²) in [6.07, 6.45) is 3.20. The molecule has 1 aliphatic heterocycles. The van der Waals surface area contributed by atoms with Gasteiger partial charge in [0.15, 0.2) is 0 Å². The lowest BCUT2D eigenvalue weighted by Crippen LogP contribution is -2.31. The van der Waals surface area contributed by atoms with Gasteiger partial charge < -0.3 is 15.4 Å². The summed E-state index contributed by atoms with van der Waals surface area (Å²) < 4.78 is 6.07. The Bertz CT molecular complexity index is 823. The van der Waals surface area contributed by atoms with Crippen molar-refractivity contribution in [3.8, 4) is 0 Å². The van der Waals surface area contributed by atoms with Crippen molar-refractivity contribution in [2.24, 2.45) is 11.3 Å². The first-order valence-corrected chi connectivity index (χ1v) is 9.65. The maximum absolute atomic E-state index is 12.6. The van der Waals surface area contributed by atoms with E-state index in [2.05, 4.69) is 10.6 Å². The first kappa shape index (κ1) is 16.5. The molecule has 1 aromatic carbocycles. The first-order chi connectivity index (χ1) is 12.1. The molecule has 0 bridgehead atoms. The van der Waals surface area contributed by atoms with Gasteiger partial charge in [-0.15, -0.1) is 11.3 Å². The van der Waals surface area contributed by atoms with Crippen molar-refractivity contribution < 1.29 is 14.3 Å². The molecule has 1 unspecified atom stereocenters. The third-order valence-electron chi connectivity index (χ3n) is 5.37. The number of fused-ring (bicyclic) bond motifs is 1. The van der Waals surface area contributed by atoms with Gasteiger partial charge in [-0.3, -0.25) is 4.79 Å². The summed E-state index contributed by atoms with van der Waals surface area (Å²) in [6.45, 7) is 4.20. The molecule has 2 aromatic rings. The highest BCUT2D eigenvalue weighted by molar-refractivity contribution is 7.20. The number of amides is 1. The lowest BCUT2D eigenvalue weighted by atomic mass is 9.92. The molecule has 1 aliphatic carbocycles. The van der Waals surface area contributed by atoms with Crippen LogP contribution in [0.25, 0.3) is 10.1 Å². The second kappa shape index (κ2) is 6.42. The van der Waals surface area contributed by atoms with Gasteiger partial charge in [0.2, 0.25) is 5.91 Å². The Balaban J connectivity index is 1.46. The van der Waals surface area contributed by atoms with Gasteiger partial charge in [-0.25, -0.2) is 4.79 Å². The number of hydrogen-bond acceptors (Lipinski definition) is 5. The highest BCUT2D eigenvalue weighted by Gasteiger charge is 2.57. The lowest BCUT2D eigenvalue weighted by molar-refractivity contribution is -0.118. The zero-order chi connectivity index (χ0) is 17.4. The number of anilines is 1. The largest absolute Gasteiger partial charge is 0.462 e. The fourth-order valence-electron chi connectivity index (χ4n) is 3.85. The molecule has 1 aromatic heterocycles. The standard InChI is InChI=1S/C19H22N2O3S/c1-2-24-18(23)16-10-12-9-13(3-4-15(12)25-16)21-17(22)14-11-19(14)5-7-20-8-6-19/h3-4,9-10,14,20H,2,5-8,11H2,1H3,(H,21,22). The molecule has 2 N–H and O–H groups in total. The maximum Gasteiger partial charge on any atom is 0.348 e. The number of hydrogen-bond donors (Lipinski definition) is 2. The molecule has 5 nitrogen and oxygen atoms in total. The van der Waals surface area contributed by atoms with Gasteiger partial charge in [0.25, 0.3) is 0 Å².